The van der Waals surface area contributed by atoms with Crippen LogP contribution in [0.1, 0.15) is 24.2 Å². The van der Waals surface area contributed by atoms with Crippen LogP contribution in [0.5, 0.6) is 0 Å². The molecule has 1 amide bonds. The number of amides is 1. The van der Waals surface area contributed by atoms with E-state index in [0.717, 1.165) is 4.68 Å². The number of rotatable bonds is 5. The van der Waals surface area contributed by atoms with E-state index in [2.05, 4.69) is 10.4 Å². The molecule has 2 N–H and O–H groups in total. The Morgan fingerprint density at radius 1 is 1.25 bits per heavy atom. The fourth-order valence-corrected chi connectivity index (χ4v) is 3.36. The van der Waals surface area contributed by atoms with E-state index in [4.69, 9.17) is 23.2 Å². The highest BCUT2D eigenvalue weighted by molar-refractivity contribution is 7.14. The van der Waals surface area contributed by atoms with Gasteiger partial charge in [0.1, 0.15) is 5.56 Å². The number of hydrogen-bond donors (Lipinski definition) is 2. The second-order valence-electron chi connectivity index (χ2n) is 6.77. The molecule has 0 radical (unpaired) electrons. The zero-order chi connectivity index (χ0) is 20.5. The van der Waals surface area contributed by atoms with Crippen LogP contribution in [0.3, 0.4) is 0 Å². The Morgan fingerprint density at radius 2 is 1.93 bits per heavy atom. The molecule has 6 nitrogen and oxygen atoms in total. The number of thiophene rings is 1. The number of nitrogens with one attached hydrogen (secondary N) is 1. The van der Waals surface area contributed by atoms with Gasteiger partial charge in [-0.3, -0.25) is 9.59 Å². The summed E-state index contributed by atoms with van der Waals surface area (Å²) >= 11 is 13.2. The van der Waals surface area contributed by atoms with Gasteiger partial charge in [0, 0.05) is 22.5 Å². The first kappa shape index (κ1) is 20.5. The Balaban J connectivity index is 2.12. The molecule has 0 spiro atoms. The number of aliphatic hydroxyl groups is 1. The summed E-state index contributed by atoms with van der Waals surface area (Å²) in [6.45, 7) is 3.11. The quantitative estimate of drug-likeness (QED) is 0.635. The molecule has 0 aliphatic rings. The lowest BCUT2D eigenvalue weighted by Gasteiger charge is -2.17. The molecule has 0 bridgehead atoms. The first-order valence-electron chi connectivity index (χ1n) is 8.29. The van der Waals surface area contributed by atoms with Crippen molar-refractivity contribution in [3.05, 3.63) is 67.1 Å². The third kappa shape index (κ3) is 4.80. The molecule has 146 valence electrons. The van der Waals surface area contributed by atoms with E-state index < -0.39 is 17.1 Å². The normalized spacial score (nSPS) is 11.5. The molecule has 0 atom stereocenters. The maximum Gasteiger partial charge on any atom is 0.284 e. The first-order chi connectivity index (χ1) is 13.1. The summed E-state index contributed by atoms with van der Waals surface area (Å²) in [5, 5.41) is 19.0. The van der Waals surface area contributed by atoms with Gasteiger partial charge in [-0.05, 0) is 38.1 Å². The minimum Gasteiger partial charge on any atom is -0.389 e. The Bertz CT molecular complexity index is 1070. The molecule has 9 heteroatoms. The predicted molar refractivity (Wildman–Crippen MR) is 112 cm³/mol. The van der Waals surface area contributed by atoms with Crippen LogP contribution < -0.4 is 10.9 Å². The minimum absolute atomic E-state index is 0.00580. The van der Waals surface area contributed by atoms with E-state index in [1.807, 2.05) is 0 Å². The monoisotopic (exact) mass is 437 g/mol. The second kappa shape index (κ2) is 8.05. The van der Waals surface area contributed by atoms with E-state index in [1.165, 1.54) is 17.4 Å². The number of benzene rings is 1. The van der Waals surface area contributed by atoms with Crippen molar-refractivity contribution < 1.29 is 9.90 Å². The van der Waals surface area contributed by atoms with Gasteiger partial charge in [0.25, 0.3) is 11.5 Å². The van der Waals surface area contributed by atoms with Crippen LogP contribution in [0.4, 0.5) is 0 Å². The van der Waals surface area contributed by atoms with Gasteiger partial charge in [-0.2, -0.15) is 9.78 Å². The molecule has 3 rings (SSSR count). The van der Waals surface area contributed by atoms with Crippen molar-refractivity contribution in [2.24, 2.45) is 0 Å². The zero-order valence-electron chi connectivity index (χ0n) is 15.1. The van der Waals surface area contributed by atoms with Gasteiger partial charge in [0.05, 0.1) is 21.3 Å². The van der Waals surface area contributed by atoms with E-state index >= 15 is 0 Å². The fourth-order valence-electron chi connectivity index (χ4n) is 2.40. The lowest BCUT2D eigenvalue weighted by Crippen LogP contribution is -2.41. The van der Waals surface area contributed by atoms with Crippen molar-refractivity contribution in [1.29, 1.82) is 0 Å². The van der Waals surface area contributed by atoms with Gasteiger partial charge in [-0.25, -0.2) is 0 Å². The predicted octanol–water partition coefficient (Wildman–Crippen LogP) is 3.77. The molecule has 0 aliphatic heterocycles. The Kier molecular flexibility index (Phi) is 5.90. The van der Waals surface area contributed by atoms with Gasteiger partial charge in [0.2, 0.25) is 0 Å². The van der Waals surface area contributed by atoms with E-state index in [-0.39, 0.29) is 12.1 Å². The highest BCUT2D eigenvalue weighted by atomic mass is 35.5. The SMILES string of the molecule is CC(C)(O)CNC(=O)c1cc(-c2ccc(Cl)cc2)nn(-c2csc(Cl)c2)c1=O. The van der Waals surface area contributed by atoms with Crippen LogP contribution >= 0.6 is 34.5 Å². The topological polar surface area (TPSA) is 84.2 Å². The van der Waals surface area contributed by atoms with Crippen molar-refractivity contribution in [3.8, 4) is 16.9 Å². The molecule has 0 aliphatic carbocycles. The average Bonchev–Trinajstić information content (AvgIpc) is 3.06. The second-order valence-corrected chi connectivity index (χ2v) is 8.75. The fraction of sp³-hybridized carbons (Fsp3) is 0.211. The highest BCUT2D eigenvalue weighted by Gasteiger charge is 2.20. The summed E-state index contributed by atoms with van der Waals surface area (Å²) in [6.07, 6.45) is 0. The van der Waals surface area contributed by atoms with E-state index in [1.54, 1.807) is 49.6 Å². The third-order valence-corrected chi connectivity index (χ3v) is 5.11. The Morgan fingerprint density at radius 3 is 2.50 bits per heavy atom. The molecular weight excluding hydrogens is 421 g/mol. The van der Waals surface area contributed by atoms with Crippen LogP contribution in [0.25, 0.3) is 16.9 Å². The number of carbonyl (C=O) groups is 1. The average molecular weight is 438 g/mol. The molecule has 3 aromatic rings. The molecule has 0 unspecified atom stereocenters. The zero-order valence-corrected chi connectivity index (χ0v) is 17.4. The lowest BCUT2D eigenvalue weighted by molar-refractivity contribution is 0.0693. The minimum atomic E-state index is -1.11. The van der Waals surface area contributed by atoms with Gasteiger partial charge >= 0.3 is 0 Å². The van der Waals surface area contributed by atoms with Crippen molar-refractivity contribution in [3.63, 3.8) is 0 Å². The third-order valence-electron chi connectivity index (χ3n) is 3.78. The smallest absolute Gasteiger partial charge is 0.284 e. The van der Waals surface area contributed by atoms with E-state index in [9.17, 15) is 14.7 Å². The molecule has 2 aromatic heterocycles. The van der Waals surface area contributed by atoms with Crippen LogP contribution in [0, 0.1) is 0 Å². The number of aromatic nitrogens is 2. The summed E-state index contributed by atoms with van der Waals surface area (Å²) < 4.78 is 1.64. The summed E-state index contributed by atoms with van der Waals surface area (Å²) in [5.74, 6) is -0.597. The number of carbonyl (C=O) groups excluding carboxylic acids is 1. The first-order valence-corrected chi connectivity index (χ1v) is 9.93. The van der Waals surface area contributed by atoms with E-state index in [0.29, 0.717) is 26.3 Å². The maximum atomic E-state index is 12.9. The highest BCUT2D eigenvalue weighted by Crippen LogP contribution is 2.24. The van der Waals surface area contributed by atoms with Gasteiger partial charge in [0.15, 0.2) is 0 Å². The number of halogens is 2. The molecule has 0 saturated heterocycles. The van der Waals surface area contributed by atoms with Crippen molar-refractivity contribution in [2.75, 3.05) is 6.54 Å². The largest absolute Gasteiger partial charge is 0.389 e. The molecule has 1 aromatic carbocycles. The van der Waals surface area contributed by atoms with Crippen LogP contribution in [-0.4, -0.2) is 32.9 Å². The summed E-state index contributed by atoms with van der Waals surface area (Å²) in [6, 6.07) is 9.92. The van der Waals surface area contributed by atoms with Gasteiger partial charge in [-0.15, -0.1) is 11.3 Å². The summed E-state index contributed by atoms with van der Waals surface area (Å²) in [4.78, 5) is 25.5. The summed E-state index contributed by atoms with van der Waals surface area (Å²) in [7, 11) is 0. The lowest BCUT2D eigenvalue weighted by atomic mass is 10.1. The maximum absolute atomic E-state index is 12.9. The number of nitrogens with zero attached hydrogens (tertiary/aromatic N) is 2. The van der Waals surface area contributed by atoms with Crippen LogP contribution in [-0.2, 0) is 0 Å². The number of hydrogen-bond acceptors (Lipinski definition) is 5. The van der Waals surface area contributed by atoms with Crippen molar-refractivity contribution in [2.45, 2.75) is 19.4 Å². The standard InChI is InChI=1S/C19H17Cl2N3O3S/c1-19(2,27)10-22-17(25)14-8-15(11-3-5-12(20)6-4-11)23-24(18(14)26)13-7-16(21)28-9-13/h3-9,27H,10H2,1-2H3,(H,22,25). The molecule has 2 heterocycles. The molecule has 0 saturated carbocycles. The van der Waals surface area contributed by atoms with Crippen LogP contribution in [0.15, 0.2) is 46.6 Å². The van der Waals surface area contributed by atoms with Crippen molar-refractivity contribution in [1.82, 2.24) is 15.1 Å². The molecule has 0 fully saturated rings. The summed E-state index contributed by atoms with van der Waals surface area (Å²) in [5.41, 5.74) is -0.205. The molecular formula is C19H17Cl2N3O3S. The molecule has 28 heavy (non-hydrogen) atoms. The van der Waals surface area contributed by atoms with Crippen LogP contribution in [0.2, 0.25) is 9.36 Å². The Hall–Kier alpha value is -2.19. The van der Waals surface area contributed by atoms with Gasteiger partial charge < -0.3 is 10.4 Å². The Labute approximate surface area is 175 Å². The van der Waals surface area contributed by atoms with Gasteiger partial charge in [-0.1, -0.05) is 35.3 Å². The van der Waals surface area contributed by atoms with Crippen molar-refractivity contribution >= 4 is 40.4 Å².